The second-order valence-corrected chi connectivity index (χ2v) is 7.72. The summed E-state index contributed by atoms with van der Waals surface area (Å²) in [5.41, 5.74) is 2.11. The van der Waals surface area contributed by atoms with Crippen LogP contribution in [-0.4, -0.2) is 48.1 Å². The lowest BCUT2D eigenvalue weighted by Crippen LogP contribution is -2.44. The first-order chi connectivity index (χ1) is 14.7. The average Bonchev–Trinajstić information content (AvgIpc) is 2.80. The maximum atomic E-state index is 12.9. The molecule has 0 saturated carbocycles. The van der Waals surface area contributed by atoms with E-state index in [9.17, 15) is 9.59 Å². The van der Waals surface area contributed by atoms with Crippen LogP contribution in [0.1, 0.15) is 48.1 Å². The number of ether oxygens (including phenoxy) is 1. The molecule has 1 saturated heterocycles. The number of hydrogen-bond acceptors (Lipinski definition) is 6. The molecule has 158 valence electrons. The zero-order chi connectivity index (χ0) is 20.9. The first-order valence-corrected chi connectivity index (χ1v) is 10.5. The molecule has 8 heteroatoms. The van der Waals surface area contributed by atoms with Gasteiger partial charge in [0.05, 0.1) is 23.8 Å². The number of hydrogen-bond donors (Lipinski definition) is 2. The minimum absolute atomic E-state index is 0.00318. The second kappa shape index (κ2) is 9.21. The van der Waals surface area contributed by atoms with E-state index in [1.165, 1.54) is 0 Å². The van der Waals surface area contributed by atoms with Crippen LogP contribution in [0.15, 0.2) is 36.8 Å². The van der Waals surface area contributed by atoms with Crippen LogP contribution < -0.4 is 15.5 Å². The molecule has 8 nitrogen and oxygen atoms in total. The van der Waals surface area contributed by atoms with Crippen LogP contribution in [-0.2, 0) is 9.53 Å². The van der Waals surface area contributed by atoms with Gasteiger partial charge >= 0.3 is 0 Å². The highest BCUT2D eigenvalue weighted by molar-refractivity contribution is 6.04. The van der Waals surface area contributed by atoms with E-state index in [4.69, 9.17) is 4.74 Å². The molecule has 1 unspecified atom stereocenters. The smallest absolute Gasteiger partial charge is 0.253 e. The lowest BCUT2D eigenvalue weighted by Gasteiger charge is -2.33. The predicted molar refractivity (Wildman–Crippen MR) is 113 cm³/mol. The van der Waals surface area contributed by atoms with Crippen LogP contribution >= 0.6 is 0 Å². The summed E-state index contributed by atoms with van der Waals surface area (Å²) in [7, 11) is 0. The minimum atomic E-state index is -0.210. The maximum absolute atomic E-state index is 12.9. The van der Waals surface area contributed by atoms with Crippen LogP contribution in [0, 0.1) is 5.92 Å². The van der Waals surface area contributed by atoms with Crippen LogP contribution in [0.5, 0.6) is 0 Å². The number of pyridine rings is 2. The summed E-state index contributed by atoms with van der Waals surface area (Å²) >= 11 is 0. The number of nitrogens with zero attached hydrogens (tertiary/aromatic N) is 3. The monoisotopic (exact) mass is 409 g/mol. The summed E-state index contributed by atoms with van der Waals surface area (Å²) in [6.45, 7) is 4.32. The molecule has 2 aliphatic heterocycles. The largest absolute Gasteiger partial charge is 0.381 e. The molecular formula is C22H27N5O3. The van der Waals surface area contributed by atoms with Crippen molar-refractivity contribution in [3.63, 3.8) is 0 Å². The number of anilines is 2. The molecule has 2 aromatic heterocycles. The Hall–Kier alpha value is -3.00. The zero-order valence-corrected chi connectivity index (χ0v) is 17.1. The standard InChI is InChI=1S/C22H27N5O3/c1-2-18(16-3-7-23-8-4-16)26-22(29)17-11-19-21(24-12-17)25-13-20(28)27(19)14-15-5-9-30-10-6-15/h3-4,7-8,11-12,15,18H,2,5-6,9-10,13-14H2,1H3,(H,24,25)(H,26,29). The van der Waals surface area contributed by atoms with E-state index in [0.717, 1.165) is 38.0 Å². The van der Waals surface area contributed by atoms with Gasteiger partial charge in [0.25, 0.3) is 5.91 Å². The Labute approximate surface area is 176 Å². The van der Waals surface area contributed by atoms with Gasteiger partial charge in [0, 0.05) is 38.3 Å². The maximum Gasteiger partial charge on any atom is 0.253 e. The number of carbonyl (C=O) groups excluding carboxylic acids is 2. The highest BCUT2D eigenvalue weighted by Gasteiger charge is 2.29. The Morgan fingerprint density at radius 2 is 2.10 bits per heavy atom. The quantitative estimate of drug-likeness (QED) is 0.761. The van der Waals surface area contributed by atoms with Crippen molar-refractivity contribution in [2.45, 2.75) is 32.2 Å². The van der Waals surface area contributed by atoms with E-state index in [2.05, 4.69) is 20.6 Å². The van der Waals surface area contributed by atoms with Crippen molar-refractivity contribution >= 4 is 23.3 Å². The molecular weight excluding hydrogens is 382 g/mol. The number of aromatic nitrogens is 2. The summed E-state index contributed by atoms with van der Waals surface area (Å²) in [4.78, 5) is 35.8. The Morgan fingerprint density at radius 3 is 2.83 bits per heavy atom. The van der Waals surface area contributed by atoms with E-state index in [0.29, 0.717) is 29.5 Å². The normalized spacial score (nSPS) is 17.8. The Kier molecular flexibility index (Phi) is 6.23. The van der Waals surface area contributed by atoms with Gasteiger partial charge in [0.1, 0.15) is 5.82 Å². The Morgan fingerprint density at radius 1 is 1.33 bits per heavy atom. The fourth-order valence-corrected chi connectivity index (χ4v) is 3.95. The number of carbonyl (C=O) groups is 2. The number of fused-ring (bicyclic) bond motifs is 1. The van der Waals surface area contributed by atoms with Crippen molar-refractivity contribution in [2.75, 3.05) is 36.5 Å². The van der Waals surface area contributed by atoms with Gasteiger partial charge in [-0.3, -0.25) is 14.6 Å². The summed E-state index contributed by atoms with van der Waals surface area (Å²) in [5, 5.41) is 6.12. The van der Waals surface area contributed by atoms with Crippen LogP contribution in [0.4, 0.5) is 11.5 Å². The molecule has 0 spiro atoms. The van der Waals surface area contributed by atoms with Crippen molar-refractivity contribution in [1.29, 1.82) is 0 Å². The van der Waals surface area contributed by atoms with Crippen molar-refractivity contribution < 1.29 is 14.3 Å². The van der Waals surface area contributed by atoms with E-state index in [-0.39, 0.29) is 24.4 Å². The van der Waals surface area contributed by atoms with Gasteiger partial charge in [0.15, 0.2) is 0 Å². The van der Waals surface area contributed by atoms with Gasteiger partial charge in [-0.05, 0) is 48.9 Å². The Bertz CT molecular complexity index is 899. The molecule has 2 aliphatic rings. The molecule has 30 heavy (non-hydrogen) atoms. The summed E-state index contributed by atoms with van der Waals surface area (Å²) in [6.07, 6.45) is 7.62. The topological polar surface area (TPSA) is 96.5 Å². The van der Waals surface area contributed by atoms with Gasteiger partial charge in [-0.1, -0.05) is 6.92 Å². The van der Waals surface area contributed by atoms with Crippen LogP contribution in [0.2, 0.25) is 0 Å². The molecule has 0 aromatic carbocycles. The van der Waals surface area contributed by atoms with E-state index < -0.39 is 0 Å². The van der Waals surface area contributed by atoms with Crippen molar-refractivity contribution in [3.8, 4) is 0 Å². The molecule has 1 fully saturated rings. The predicted octanol–water partition coefficient (Wildman–Crippen LogP) is 2.54. The van der Waals surface area contributed by atoms with Crippen molar-refractivity contribution in [3.05, 3.63) is 47.9 Å². The molecule has 4 rings (SSSR count). The molecule has 2 N–H and O–H groups in total. The minimum Gasteiger partial charge on any atom is -0.381 e. The lowest BCUT2D eigenvalue weighted by atomic mass is 9.99. The molecule has 2 amide bonds. The van der Waals surface area contributed by atoms with Crippen LogP contribution in [0.25, 0.3) is 0 Å². The fraction of sp³-hybridized carbons (Fsp3) is 0.455. The van der Waals surface area contributed by atoms with E-state index in [1.54, 1.807) is 29.6 Å². The third-order valence-corrected chi connectivity index (χ3v) is 5.73. The first kappa shape index (κ1) is 20.3. The fourth-order valence-electron chi connectivity index (χ4n) is 3.95. The number of nitrogens with one attached hydrogen (secondary N) is 2. The second-order valence-electron chi connectivity index (χ2n) is 7.72. The summed E-state index contributed by atoms with van der Waals surface area (Å²) in [6, 6.07) is 5.45. The number of amides is 2. The zero-order valence-electron chi connectivity index (χ0n) is 17.1. The lowest BCUT2D eigenvalue weighted by molar-refractivity contribution is -0.117. The third kappa shape index (κ3) is 4.43. The first-order valence-electron chi connectivity index (χ1n) is 10.5. The molecule has 1 atom stereocenters. The molecule has 0 bridgehead atoms. The average molecular weight is 409 g/mol. The highest BCUT2D eigenvalue weighted by atomic mass is 16.5. The van der Waals surface area contributed by atoms with E-state index >= 15 is 0 Å². The Balaban J connectivity index is 1.54. The SMILES string of the molecule is CCC(NC(=O)c1cnc2c(c1)N(CC1CCOCC1)C(=O)CN2)c1ccncc1. The third-order valence-electron chi connectivity index (χ3n) is 5.73. The molecule has 0 radical (unpaired) electrons. The van der Waals surface area contributed by atoms with E-state index in [1.807, 2.05) is 19.1 Å². The summed E-state index contributed by atoms with van der Waals surface area (Å²) < 4.78 is 5.43. The van der Waals surface area contributed by atoms with Gasteiger partial charge in [-0.25, -0.2) is 4.98 Å². The van der Waals surface area contributed by atoms with Gasteiger partial charge in [-0.15, -0.1) is 0 Å². The number of rotatable bonds is 6. The molecule has 4 heterocycles. The highest BCUT2D eigenvalue weighted by Crippen LogP contribution is 2.31. The van der Waals surface area contributed by atoms with Gasteiger partial charge < -0.3 is 20.3 Å². The molecule has 0 aliphatic carbocycles. The van der Waals surface area contributed by atoms with Crippen molar-refractivity contribution in [1.82, 2.24) is 15.3 Å². The van der Waals surface area contributed by atoms with Gasteiger partial charge in [-0.2, -0.15) is 0 Å². The summed E-state index contributed by atoms with van der Waals surface area (Å²) in [5.74, 6) is 0.816. The van der Waals surface area contributed by atoms with Crippen LogP contribution in [0.3, 0.4) is 0 Å². The molecule has 2 aromatic rings. The van der Waals surface area contributed by atoms with Gasteiger partial charge in [0.2, 0.25) is 5.91 Å². The van der Waals surface area contributed by atoms with Crippen molar-refractivity contribution in [2.24, 2.45) is 5.92 Å².